The molecule has 0 aliphatic rings. The Labute approximate surface area is 167 Å². The van der Waals surface area contributed by atoms with Crippen molar-refractivity contribution in [1.82, 2.24) is 4.98 Å². The number of benzene rings is 2. The highest BCUT2D eigenvalue weighted by molar-refractivity contribution is 5.96. The van der Waals surface area contributed by atoms with E-state index < -0.39 is 10.9 Å². The van der Waals surface area contributed by atoms with Crippen LogP contribution in [0, 0.1) is 16.0 Å². The fourth-order valence-corrected chi connectivity index (χ4v) is 2.94. The van der Waals surface area contributed by atoms with Gasteiger partial charge in [-0.25, -0.2) is 9.78 Å². The Kier molecular flexibility index (Phi) is 5.63. The van der Waals surface area contributed by atoms with Gasteiger partial charge in [-0.05, 0) is 36.2 Å². The van der Waals surface area contributed by atoms with Crippen LogP contribution in [0.15, 0.2) is 42.5 Å². The van der Waals surface area contributed by atoms with E-state index in [1.54, 1.807) is 24.3 Å². The van der Waals surface area contributed by atoms with Gasteiger partial charge in [-0.3, -0.25) is 10.1 Å². The molecule has 0 saturated heterocycles. The molecule has 8 nitrogen and oxygen atoms in total. The number of carbonyl (C=O) groups is 1. The number of nitro benzene ring substituents is 1. The lowest BCUT2D eigenvalue weighted by molar-refractivity contribution is -0.383. The van der Waals surface area contributed by atoms with Crippen LogP contribution in [0.3, 0.4) is 0 Å². The first-order valence-corrected chi connectivity index (χ1v) is 9.11. The van der Waals surface area contributed by atoms with Gasteiger partial charge in [0.15, 0.2) is 0 Å². The van der Waals surface area contributed by atoms with Crippen LogP contribution >= 0.6 is 0 Å². The number of nitrogens with two attached hydrogens (primary N) is 1. The largest absolute Gasteiger partial charge is 0.465 e. The van der Waals surface area contributed by atoms with Crippen molar-refractivity contribution in [2.45, 2.75) is 13.8 Å². The number of rotatable bonds is 6. The molecule has 0 fully saturated rings. The number of anilines is 2. The van der Waals surface area contributed by atoms with E-state index in [0.717, 1.165) is 5.39 Å². The van der Waals surface area contributed by atoms with E-state index in [9.17, 15) is 14.9 Å². The number of hydrogen-bond acceptors (Lipinski definition) is 7. The molecule has 0 saturated carbocycles. The Morgan fingerprint density at radius 3 is 2.66 bits per heavy atom. The van der Waals surface area contributed by atoms with Crippen molar-refractivity contribution < 1.29 is 14.5 Å². The van der Waals surface area contributed by atoms with E-state index in [2.05, 4.69) is 19.2 Å². The molecule has 0 aliphatic heterocycles. The highest BCUT2D eigenvalue weighted by atomic mass is 16.6. The molecule has 3 N–H and O–H groups in total. The average Bonchev–Trinajstić information content (AvgIpc) is 2.70. The number of nitrogens with one attached hydrogen (secondary N) is 1. The Morgan fingerprint density at radius 2 is 2.00 bits per heavy atom. The minimum absolute atomic E-state index is 0.0962. The molecule has 1 heterocycles. The summed E-state index contributed by atoms with van der Waals surface area (Å²) in [5, 5.41) is 15.4. The van der Waals surface area contributed by atoms with Gasteiger partial charge in [0.25, 0.3) is 5.69 Å². The van der Waals surface area contributed by atoms with Crippen LogP contribution in [0.2, 0.25) is 0 Å². The zero-order valence-electron chi connectivity index (χ0n) is 16.4. The second-order valence-corrected chi connectivity index (χ2v) is 7.09. The first kappa shape index (κ1) is 20.1. The topological polar surface area (TPSA) is 120 Å². The number of nitrogen functional groups attached to an aromatic ring is 1. The lowest BCUT2D eigenvalue weighted by atomic mass is 10.0. The minimum atomic E-state index is -0.510. The fraction of sp³-hybridized carbons (Fsp3) is 0.238. The van der Waals surface area contributed by atoms with Crippen molar-refractivity contribution in [2.75, 3.05) is 24.7 Å². The first-order valence-electron chi connectivity index (χ1n) is 9.11. The van der Waals surface area contributed by atoms with Gasteiger partial charge < -0.3 is 15.8 Å². The van der Waals surface area contributed by atoms with Gasteiger partial charge >= 0.3 is 5.97 Å². The molecule has 0 bridgehead atoms. The first-order chi connectivity index (χ1) is 13.8. The van der Waals surface area contributed by atoms with Crippen LogP contribution in [0.25, 0.3) is 22.2 Å². The average molecular weight is 394 g/mol. The van der Waals surface area contributed by atoms with Gasteiger partial charge in [0.1, 0.15) is 5.69 Å². The van der Waals surface area contributed by atoms with E-state index in [1.807, 2.05) is 6.07 Å². The molecule has 8 heteroatoms. The van der Waals surface area contributed by atoms with E-state index in [1.165, 1.54) is 19.2 Å². The Hall–Kier alpha value is -3.68. The number of ether oxygens (including phenoxy) is 1. The van der Waals surface area contributed by atoms with Crippen molar-refractivity contribution in [1.29, 1.82) is 0 Å². The van der Waals surface area contributed by atoms with Crippen molar-refractivity contribution in [3.05, 3.63) is 58.1 Å². The second-order valence-electron chi connectivity index (χ2n) is 7.09. The number of nitro groups is 1. The molecule has 3 aromatic rings. The standard InChI is InChI=1S/C21H22N4O4/c1-12(2)11-23-18-9-15-8-14(21(26)29-3)5-7-17(15)24-20(18)13-4-6-16(22)19(10-13)25(27)28/h4-10,12,23H,11,22H2,1-3H3. The third-order valence-electron chi connectivity index (χ3n) is 4.44. The number of esters is 1. The number of nitrogens with zero attached hydrogens (tertiary/aromatic N) is 2. The van der Waals surface area contributed by atoms with E-state index in [0.29, 0.717) is 40.5 Å². The summed E-state index contributed by atoms with van der Waals surface area (Å²) < 4.78 is 4.78. The highest BCUT2D eigenvalue weighted by Crippen LogP contribution is 2.34. The highest BCUT2D eigenvalue weighted by Gasteiger charge is 2.17. The minimum Gasteiger partial charge on any atom is -0.465 e. The van der Waals surface area contributed by atoms with E-state index in [-0.39, 0.29) is 11.4 Å². The van der Waals surface area contributed by atoms with Crippen molar-refractivity contribution in [3.8, 4) is 11.3 Å². The Bertz CT molecular complexity index is 1100. The fourth-order valence-electron chi connectivity index (χ4n) is 2.94. The van der Waals surface area contributed by atoms with Crippen molar-refractivity contribution in [3.63, 3.8) is 0 Å². The third kappa shape index (κ3) is 4.26. The number of methoxy groups -OCH3 is 1. The quantitative estimate of drug-likeness (QED) is 0.277. The lowest BCUT2D eigenvalue weighted by Gasteiger charge is -2.15. The molecule has 0 amide bonds. The zero-order chi connectivity index (χ0) is 21.1. The molecule has 29 heavy (non-hydrogen) atoms. The number of hydrogen-bond donors (Lipinski definition) is 2. The normalized spacial score (nSPS) is 10.9. The SMILES string of the molecule is COC(=O)c1ccc2nc(-c3ccc(N)c([N+](=O)[O-])c3)c(NCC(C)C)cc2c1. The van der Waals surface area contributed by atoms with E-state index in [4.69, 9.17) is 15.5 Å². The van der Waals surface area contributed by atoms with Crippen LogP contribution in [0.4, 0.5) is 17.1 Å². The predicted molar refractivity (Wildman–Crippen MR) is 113 cm³/mol. The lowest BCUT2D eigenvalue weighted by Crippen LogP contribution is -2.10. The Balaban J connectivity index is 2.18. The molecule has 0 aliphatic carbocycles. The maximum absolute atomic E-state index is 11.8. The molecule has 0 unspecified atom stereocenters. The molecule has 1 aromatic heterocycles. The second kappa shape index (κ2) is 8.14. The van der Waals surface area contributed by atoms with Crippen LogP contribution in [0.5, 0.6) is 0 Å². The van der Waals surface area contributed by atoms with Gasteiger partial charge in [-0.2, -0.15) is 0 Å². The molecule has 0 atom stereocenters. The maximum Gasteiger partial charge on any atom is 0.337 e. The van der Waals surface area contributed by atoms with Crippen LogP contribution in [0.1, 0.15) is 24.2 Å². The zero-order valence-corrected chi connectivity index (χ0v) is 16.4. The molecule has 150 valence electrons. The van der Waals surface area contributed by atoms with Crippen LogP contribution in [-0.2, 0) is 4.74 Å². The summed E-state index contributed by atoms with van der Waals surface area (Å²) in [7, 11) is 1.33. The molecule has 0 radical (unpaired) electrons. The number of carbonyl (C=O) groups excluding carboxylic acids is 1. The summed E-state index contributed by atoms with van der Waals surface area (Å²) in [5.41, 5.74) is 8.61. The third-order valence-corrected chi connectivity index (χ3v) is 4.44. The van der Waals surface area contributed by atoms with Crippen LogP contribution in [-0.4, -0.2) is 29.5 Å². The summed E-state index contributed by atoms with van der Waals surface area (Å²) in [6.45, 7) is 4.84. The summed E-state index contributed by atoms with van der Waals surface area (Å²) in [6, 6.07) is 11.6. The van der Waals surface area contributed by atoms with Gasteiger partial charge in [-0.15, -0.1) is 0 Å². The van der Waals surface area contributed by atoms with E-state index >= 15 is 0 Å². The molecule has 0 spiro atoms. The molecular formula is C21H22N4O4. The van der Waals surface area contributed by atoms with Crippen molar-refractivity contribution in [2.24, 2.45) is 5.92 Å². The smallest absolute Gasteiger partial charge is 0.337 e. The monoisotopic (exact) mass is 394 g/mol. The molecule has 3 rings (SSSR count). The summed E-state index contributed by atoms with van der Waals surface area (Å²) >= 11 is 0. The Morgan fingerprint density at radius 1 is 1.24 bits per heavy atom. The van der Waals surface area contributed by atoms with Gasteiger partial charge in [0, 0.05) is 23.6 Å². The number of fused-ring (bicyclic) bond motifs is 1. The summed E-state index contributed by atoms with van der Waals surface area (Å²) in [5.74, 6) is -0.0532. The van der Waals surface area contributed by atoms with Gasteiger partial charge in [0.2, 0.25) is 0 Å². The maximum atomic E-state index is 11.8. The summed E-state index contributed by atoms with van der Waals surface area (Å²) in [6.07, 6.45) is 0. The van der Waals surface area contributed by atoms with Crippen molar-refractivity contribution >= 4 is 33.9 Å². The summed E-state index contributed by atoms with van der Waals surface area (Å²) in [4.78, 5) is 27.3. The molecular weight excluding hydrogens is 372 g/mol. The van der Waals surface area contributed by atoms with Gasteiger partial charge in [-0.1, -0.05) is 19.9 Å². The number of pyridine rings is 1. The predicted octanol–water partition coefficient (Wildman–Crippen LogP) is 4.25. The number of aromatic nitrogens is 1. The molecule has 2 aromatic carbocycles. The van der Waals surface area contributed by atoms with Crippen LogP contribution < -0.4 is 11.1 Å². The van der Waals surface area contributed by atoms with Gasteiger partial charge in [0.05, 0.1) is 34.5 Å².